The Hall–Kier alpha value is -2.50. The van der Waals surface area contributed by atoms with E-state index >= 15 is 0 Å². The van der Waals surface area contributed by atoms with Gasteiger partial charge in [-0.2, -0.15) is 0 Å². The highest BCUT2D eigenvalue weighted by molar-refractivity contribution is 6.39. The van der Waals surface area contributed by atoms with Crippen molar-refractivity contribution in [2.24, 2.45) is 0 Å². The highest BCUT2D eigenvalue weighted by Gasteiger charge is 2.31. The van der Waals surface area contributed by atoms with Gasteiger partial charge in [-0.25, -0.2) is 4.79 Å². The third-order valence-corrected chi connectivity index (χ3v) is 4.59. The molecule has 0 bridgehead atoms. The van der Waals surface area contributed by atoms with Crippen molar-refractivity contribution in [3.8, 4) is 0 Å². The minimum Gasteiger partial charge on any atom is -0.481 e. The number of allylic oxidation sites excluding steroid dienone is 1. The van der Waals surface area contributed by atoms with E-state index in [0.29, 0.717) is 27.0 Å². The van der Waals surface area contributed by atoms with Crippen molar-refractivity contribution in [3.05, 3.63) is 69.7 Å². The molecule has 0 aliphatic rings. The molecule has 0 aliphatic heterocycles. The van der Waals surface area contributed by atoms with Gasteiger partial charge < -0.3 is 15.2 Å². The average molecular weight is 422 g/mol. The number of rotatable bonds is 7. The zero-order valence-electron chi connectivity index (χ0n) is 15.7. The molecule has 0 spiro atoms. The van der Waals surface area contributed by atoms with Gasteiger partial charge >= 0.3 is 11.9 Å². The van der Waals surface area contributed by atoms with Gasteiger partial charge in [-0.1, -0.05) is 53.0 Å². The SMILES string of the molecule is CC(C)=CC(=O)OC(C)C(C(=O)O)c1ccccc1Nc1c(Cl)cccc1Cl. The second-order valence-corrected chi connectivity index (χ2v) is 7.30. The smallest absolute Gasteiger partial charge is 0.330 e. The van der Waals surface area contributed by atoms with Gasteiger partial charge in [0.2, 0.25) is 0 Å². The summed E-state index contributed by atoms with van der Waals surface area (Å²) in [6.07, 6.45) is 0.425. The second-order valence-electron chi connectivity index (χ2n) is 6.49. The van der Waals surface area contributed by atoms with E-state index in [9.17, 15) is 14.7 Å². The number of carboxylic acids is 1. The zero-order chi connectivity index (χ0) is 20.8. The van der Waals surface area contributed by atoms with Gasteiger partial charge in [0.1, 0.15) is 12.0 Å². The Kier molecular flexibility index (Phi) is 7.49. The predicted octanol–water partition coefficient (Wildman–Crippen LogP) is 5.80. The molecule has 2 N–H and O–H groups in total. The van der Waals surface area contributed by atoms with Crippen LogP contribution in [0.15, 0.2) is 54.1 Å². The fraction of sp³-hybridized carbons (Fsp3) is 0.238. The van der Waals surface area contributed by atoms with Crippen LogP contribution in [0.5, 0.6) is 0 Å². The van der Waals surface area contributed by atoms with Crippen LogP contribution in [0.4, 0.5) is 11.4 Å². The molecule has 5 nitrogen and oxygen atoms in total. The van der Waals surface area contributed by atoms with Crippen molar-refractivity contribution in [3.63, 3.8) is 0 Å². The molecule has 148 valence electrons. The van der Waals surface area contributed by atoms with E-state index in [0.717, 1.165) is 5.57 Å². The molecule has 0 aliphatic carbocycles. The summed E-state index contributed by atoms with van der Waals surface area (Å²) in [5.41, 5.74) is 2.19. The Morgan fingerprint density at radius 3 is 2.25 bits per heavy atom. The molecule has 2 unspecified atom stereocenters. The molecule has 0 radical (unpaired) electrons. The fourth-order valence-electron chi connectivity index (χ4n) is 2.74. The number of ether oxygens (including phenoxy) is 1. The van der Waals surface area contributed by atoms with E-state index in [-0.39, 0.29) is 0 Å². The van der Waals surface area contributed by atoms with E-state index in [1.807, 2.05) is 0 Å². The number of nitrogens with one attached hydrogen (secondary N) is 1. The Morgan fingerprint density at radius 2 is 1.68 bits per heavy atom. The number of hydrogen-bond donors (Lipinski definition) is 2. The fourth-order valence-corrected chi connectivity index (χ4v) is 3.23. The molecule has 0 aromatic heterocycles. The monoisotopic (exact) mass is 421 g/mol. The number of carboxylic acid groups (broad SMARTS) is 1. The number of carbonyl (C=O) groups is 2. The highest BCUT2D eigenvalue weighted by atomic mass is 35.5. The standard InChI is InChI=1S/C21H21Cl2NO4/c1-12(2)11-18(25)28-13(3)19(21(26)27)14-7-4-5-10-17(14)24-20-15(22)8-6-9-16(20)23/h4-11,13,19,24H,1-3H3,(H,26,27). The molecule has 2 aromatic carbocycles. The molecule has 2 aromatic rings. The lowest BCUT2D eigenvalue weighted by atomic mass is 9.92. The maximum absolute atomic E-state index is 12.0. The van der Waals surface area contributed by atoms with E-state index in [1.54, 1.807) is 63.2 Å². The number of hydrogen-bond acceptors (Lipinski definition) is 4. The Bertz CT molecular complexity index is 887. The molecule has 2 rings (SSSR count). The van der Waals surface area contributed by atoms with Crippen molar-refractivity contribution in [2.75, 3.05) is 5.32 Å². The van der Waals surface area contributed by atoms with Gasteiger partial charge in [0.05, 0.1) is 15.7 Å². The normalized spacial score (nSPS) is 12.6. The quantitative estimate of drug-likeness (QED) is 0.436. The minimum absolute atomic E-state index is 0.400. The lowest BCUT2D eigenvalue weighted by Crippen LogP contribution is -2.28. The lowest BCUT2D eigenvalue weighted by Gasteiger charge is -2.23. The predicted molar refractivity (Wildman–Crippen MR) is 112 cm³/mol. The van der Waals surface area contributed by atoms with Crippen LogP contribution in [0, 0.1) is 0 Å². The van der Waals surface area contributed by atoms with Gasteiger partial charge in [0.25, 0.3) is 0 Å². The van der Waals surface area contributed by atoms with Crippen LogP contribution in [0.1, 0.15) is 32.3 Å². The first-order chi connectivity index (χ1) is 13.2. The number of carbonyl (C=O) groups excluding carboxylic acids is 1. The third-order valence-electron chi connectivity index (χ3n) is 3.96. The Labute approximate surface area is 173 Å². The first-order valence-corrected chi connectivity index (χ1v) is 9.34. The van der Waals surface area contributed by atoms with Crippen LogP contribution in [0.2, 0.25) is 10.0 Å². The summed E-state index contributed by atoms with van der Waals surface area (Å²) in [5, 5.41) is 13.7. The molecular formula is C21H21Cl2NO4. The largest absolute Gasteiger partial charge is 0.481 e. The molecule has 0 amide bonds. The summed E-state index contributed by atoms with van der Waals surface area (Å²) < 4.78 is 5.32. The van der Waals surface area contributed by atoms with Crippen LogP contribution in [-0.4, -0.2) is 23.1 Å². The van der Waals surface area contributed by atoms with Crippen molar-refractivity contribution >= 4 is 46.5 Å². The molecular weight excluding hydrogens is 401 g/mol. The molecule has 28 heavy (non-hydrogen) atoms. The van der Waals surface area contributed by atoms with Crippen LogP contribution in [0.3, 0.4) is 0 Å². The maximum Gasteiger partial charge on any atom is 0.330 e. The minimum atomic E-state index is -1.11. The van der Waals surface area contributed by atoms with Crippen LogP contribution < -0.4 is 5.32 Å². The van der Waals surface area contributed by atoms with Crippen LogP contribution in [0.25, 0.3) is 0 Å². The summed E-state index contributed by atoms with van der Waals surface area (Å²) in [6.45, 7) is 5.06. The number of aliphatic carboxylic acids is 1. The van der Waals surface area contributed by atoms with Crippen molar-refractivity contribution in [2.45, 2.75) is 32.8 Å². The molecule has 0 heterocycles. The number of benzene rings is 2. The maximum atomic E-state index is 12.0. The second kappa shape index (κ2) is 9.62. The van der Waals surface area contributed by atoms with E-state index < -0.39 is 24.0 Å². The van der Waals surface area contributed by atoms with Crippen LogP contribution in [-0.2, 0) is 14.3 Å². The van der Waals surface area contributed by atoms with Gasteiger partial charge in [0, 0.05) is 11.8 Å². The third kappa shape index (κ3) is 5.50. The number of halogens is 2. The highest BCUT2D eigenvalue weighted by Crippen LogP contribution is 2.36. The Balaban J connectivity index is 2.40. The van der Waals surface area contributed by atoms with Crippen LogP contribution >= 0.6 is 23.2 Å². The topological polar surface area (TPSA) is 75.6 Å². The Morgan fingerprint density at radius 1 is 1.07 bits per heavy atom. The summed E-state index contributed by atoms with van der Waals surface area (Å²) in [4.78, 5) is 23.9. The van der Waals surface area contributed by atoms with Crippen molar-refractivity contribution in [1.82, 2.24) is 0 Å². The molecule has 0 fully saturated rings. The van der Waals surface area contributed by atoms with Gasteiger partial charge in [-0.05, 0) is 44.5 Å². The molecule has 2 atom stereocenters. The summed E-state index contributed by atoms with van der Waals surface area (Å²) in [6, 6.07) is 11.9. The molecule has 0 saturated carbocycles. The summed E-state index contributed by atoms with van der Waals surface area (Å²) in [7, 11) is 0. The summed E-state index contributed by atoms with van der Waals surface area (Å²) in [5.74, 6) is -2.78. The van der Waals surface area contributed by atoms with E-state index in [2.05, 4.69) is 5.32 Å². The number of anilines is 2. The molecule has 7 heteroatoms. The van der Waals surface area contributed by atoms with Gasteiger partial charge in [-0.15, -0.1) is 0 Å². The van der Waals surface area contributed by atoms with Crippen molar-refractivity contribution in [1.29, 1.82) is 0 Å². The first-order valence-electron chi connectivity index (χ1n) is 8.59. The zero-order valence-corrected chi connectivity index (χ0v) is 17.2. The lowest BCUT2D eigenvalue weighted by molar-refractivity contribution is -0.149. The van der Waals surface area contributed by atoms with Gasteiger partial charge in [0.15, 0.2) is 0 Å². The van der Waals surface area contributed by atoms with Crippen molar-refractivity contribution < 1.29 is 19.4 Å². The van der Waals surface area contributed by atoms with E-state index in [4.69, 9.17) is 27.9 Å². The number of para-hydroxylation sites is 2. The number of esters is 1. The van der Waals surface area contributed by atoms with Gasteiger partial charge in [-0.3, -0.25) is 4.79 Å². The molecule has 0 saturated heterocycles. The first kappa shape index (κ1) is 21.8. The summed E-state index contributed by atoms with van der Waals surface area (Å²) >= 11 is 12.4. The average Bonchev–Trinajstić information content (AvgIpc) is 2.58. The van der Waals surface area contributed by atoms with E-state index in [1.165, 1.54) is 6.08 Å².